The van der Waals surface area contributed by atoms with Gasteiger partial charge in [-0.25, -0.2) is 13.6 Å². The second-order valence-corrected chi connectivity index (χ2v) is 6.60. The van der Waals surface area contributed by atoms with Gasteiger partial charge in [-0.15, -0.1) is 0 Å². The normalized spacial score (nSPS) is 22.0. The first-order valence-electron chi connectivity index (χ1n) is 7.26. The molecule has 1 N–H and O–H groups in total. The summed E-state index contributed by atoms with van der Waals surface area (Å²) in [5, 5.41) is 9.46. The maximum Gasteiger partial charge on any atom is 0.410 e. The molecular weight excluding hydrogens is 292 g/mol. The van der Waals surface area contributed by atoms with Crippen LogP contribution in [0.5, 0.6) is 0 Å². The van der Waals surface area contributed by atoms with Crippen LogP contribution in [0.25, 0.3) is 0 Å². The van der Waals surface area contributed by atoms with Gasteiger partial charge < -0.3 is 14.7 Å². The van der Waals surface area contributed by atoms with Crippen LogP contribution >= 0.6 is 0 Å². The van der Waals surface area contributed by atoms with Crippen molar-refractivity contribution < 1.29 is 23.4 Å². The van der Waals surface area contributed by atoms with Crippen LogP contribution in [-0.4, -0.2) is 40.9 Å². The third-order valence-corrected chi connectivity index (χ3v) is 3.61. The summed E-state index contributed by atoms with van der Waals surface area (Å²) in [6, 6.07) is 2.93. The molecule has 1 saturated heterocycles. The largest absolute Gasteiger partial charge is 0.444 e. The van der Waals surface area contributed by atoms with Crippen molar-refractivity contribution in [3.8, 4) is 0 Å². The van der Waals surface area contributed by atoms with Gasteiger partial charge in [-0.3, -0.25) is 0 Å². The maximum atomic E-state index is 13.3. The molecule has 2 rings (SSSR count). The first kappa shape index (κ1) is 16.7. The van der Waals surface area contributed by atoms with Crippen LogP contribution < -0.4 is 0 Å². The monoisotopic (exact) mass is 313 g/mol. The van der Waals surface area contributed by atoms with Crippen LogP contribution in [0.1, 0.15) is 38.7 Å². The van der Waals surface area contributed by atoms with Crippen molar-refractivity contribution in [3.63, 3.8) is 0 Å². The van der Waals surface area contributed by atoms with E-state index in [1.807, 2.05) is 0 Å². The van der Waals surface area contributed by atoms with E-state index in [-0.39, 0.29) is 19.1 Å². The summed E-state index contributed by atoms with van der Waals surface area (Å²) in [7, 11) is 0. The van der Waals surface area contributed by atoms with E-state index >= 15 is 0 Å². The fourth-order valence-corrected chi connectivity index (χ4v) is 2.69. The van der Waals surface area contributed by atoms with Gasteiger partial charge in [0.15, 0.2) is 0 Å². The van der Waals surface area contributed by atoms with Gasteiger partial charge in [0.25, 0.3) is 0 Å². The van der Waals surface area contributed by atoms with E-state index in [2.05, 4.69) is 0 Å². The van der Waals surface area contributed by atoms with E-state index in [1.54, 1.807) is 20.8 Å². The summed E-state index contributed by atoms with van der Waals surface area (Å²) < 4.78 is 32.0. The van der Waals surface area contributed by atoms with Crippen molar-refractivity contribution in [2.24, 2.45) is 0 Å². The van der Waals surface area contributed by atoms with Gasteiger partial charge in [-0.05, 0) is 44.9 Å². The summed E-state index contributed by atoms with van der Waals surface area (Å²) in [5.41, 5.74) is -0.151. The molecule has 2 atom stereocenters. The number of ether oxygens (including phenoxy) is 1. The molecule has 1 aliphatic rings. The Bertz CT molecular complexity index is 537. The van der Waals surface area contributed by atoms with Gasteiger partial charge >= 0.3 is 6.09 Å². The van der Waals surface area contributed by atoms with Crippen LogP contribution in [0.3, 0.4) is 0 Å². The van der Waals surface area contributed by atoms with Crippen LogP contribution in [-0.2, 0) is 4.74 Å². The molecule has 1 heterocycles. The van der Waals surface area contributed by atoms with Gasteiger partial charge in [-0.2, -0.15) is 0 Å². The number of hydrogen-bond acceptors (Lipinski definition) is 3. The van der Waals surface area contributed by atoms with Crippen LogP contribution in [0.15, 0.2) is 18.2 Å². The molecule has 0 aliphatic carbocycles. The number of carbonyl (C=O) groups excluding carboxylic acids is 1. The molecule has 1 aliphatic heterocycles. The predicted molar refractivity (Wildman–Crippen MR) is 77.5 cm³/mol. The highest BCUT2D eigenvalue weighted by molar-refractivity contribution is 5.69. The second kappa shape index (κ2) is 6.20. The molecule has 1 aromatic carbocycles. The van der Waals surface area contributed by atoms with Crippen LogP contribution in [0.4, 0.5) is 13.6 Å². The molecule has 0 spiro atoms. The lowest BCUT2D eigenvalue weighted by Crippen LogP contribution is -2.41. The Labute approximate surface area is 128 Å². The molecule has 1 unspecified atom stereocenters. The minimum absolute atomic E-state index is 0.215. The molecule has 0 saturated carbocycles. The molecule has 1 amide bonds. The Morgan fingerprint density at radius 2 is 1.91 bits per heavy atom. The Kier molecular flexibility index (Phi) is 4.70. The molecule has 6 heteroatoms. The SMILES string of the molecule is CC(C)(C)OC(=O)N1C[C@@H](c2cc(F)cc(F)c2)CC1CO. The highest BCUT2D eigenvalue weighted by Gasteiger charge is 2.38. The zero-order chi connectivity index (χ0) is 16.5. The summed E-state index contributed by atoms with van der Waals surface area (Å²) in [5.74, 6) is -1.52. The van der Waals surface area contributed by atoms with Gasteiger partial charge in [-0.1, -0.05) is 0 Å². The zero-order valence-corrected chi connectivity index (χ0v) is 13.0. The first-order valence-corrected chi connectivity index (χ1v) is 7.26. The lowest BCUT2D eigenvalue weighted by molar-refractivity contribution is 0.0174. The Morgan fingerprint density at radius 3 is 2.41 bits per heavy atom. The molecule has 1 aromatic rings. The molecule has 0 aromatic heterocycles. The van der Waals surface area contributed by atoms with Crippen molar-refractivity contribution >= 4 is 6.09 Å². The molecule has 4 nitrogen and oxygen atoms in total. The number of aliphatic hydroxyl groups is 1. The van der Waals surface area contributed by atoms with Gasteiger partial charge in [0.2, 0.25) is 0 Å². The molecule has 22 heavy (non-hydrogen) atoms. The zero-order valence-electron chi connectivity index (χ0n) is 13.0. The lowest BCUT2D eigenvalue weighted by Gasteiger charge is -2.27. The van der Waals surface area contributed by atoms with E-state index in [0.29, 0.717) is 12.0 Å². The average molecular weight is 313 g/mol. The number of amides is 1. The minimum atomic E-state index is -0.647. The number of aliphatic hydroxyl groups excluding tert-OH is 1. The Morgan fingerprint density at radius 1 is 1.32 bits per heavy atom. The van der Waals surface area contributed by atoms with Crippen LogP contribution in [0, 0.1) is 11.6 Å². The standard InChI is InChI=1S/C16H21F2NO3/c1-16(2,3)22-15(21)19-8-11(6-14(19)9-20)10-4-12(17)7-13(18)5-10/h4-5,7,11,14,20H,6,8-9H2,1-3H3/t11-,14?/m0/s1. The van der Waals surface area contributed by atoms with Crippen molar-refractivity contribution in [2.45, 2.75) is 44.8 Å². The number of benzene rings is 1. The molecule has 122 valence electrons. The van der Waals surface area contributed by atoms with Crippen molar-refractivity contribution in [3.05, 3.63) is 35.4 Å². The number of likely N-dealkylation sites (tertiary alicyclic amines) is 1. The summed E-state index contributed by atoms with van der Waals surface area (Å²) >= 11 is 0. The molecular formula is C16H21F2NO3. The number of halogens is 2. The lowest BCUT2D eigenvalue weighted by atomic mass is 9.96. The van der Waals surface area contributed by atoms with E-state index in [1.165, 1.54) is 17.0 Å². The van der Waals surface area contributed by atoms with E-state index in [0.717, 1.165) is 6.07 Å². The van der Waals surface area contributed by atoms with Crippen LogP contribution in [0.2, 0.25) is 0 Å². The van der Waals surface area contributed by atoms with E-state index in [4.69, 9.17) is 4.74 Å². The van der Waals surface area contributed by atoms with Crippen molar-refractivity contribution in [1.29, 1.82) is 0 Å². The summed E-state index contributed by atoms with van der Waals surface area (Å²) in [6.45, 7) is 5.33. The highest BCUT2D eigenvalue weighted by atomic mass is 19.1. The number of hydrogen-bond donors (Lipinski definition) is 1. The van der Waals surface area contributed by atoms with Gasteiger partial charge in [0.1, 0.15) is 17.2 Å². The second-order valence-electron chi connectivity index (χ2n) is 6.60. The number of nitrogens with zero attached hydrogens (tertiary/aromatic N) is 1. The maximum absolute atomic E-state index is 13.3. The third kappa shape index (κ3) is 3.94. The Hall–Kier alpha value is -1.69. The fraction of sp³-hybridized carbons (Fsp3) is 0.562. The topological polar surface area (TPSA) is 49.8 Å². The summed E-state index contributed by atoms with van der Waals surface area (Å²) in [4.78, 5) is 13.6. The smallest absolute Gasteiger partial charge is 0.410 e. The minimum Gasteiger partial charge on any atom is -0.444 e. The highest BCUT2D eigenvalue weighted by Crippen LogP contribution is 2.33. The number of carbonyl (C=O) groups is 1. The first-order chi connectivity index (χ1) is 10.2. The quantitative estimate of drug-likeness (QED) is 0.913. The van der Waals surface area contributed by atoms with Crippen molar-refractivity contribution in [1.82, 2.24) is 4.90 Å². The third-order valence-electron chi connectivity index (χ3n) is 3.61. The Balaban J connectivity index is 2.16. The molecule has 1 fully saturated rings. The molecule has 0 radical (unpaired) electrons. The summed E-state index contributed by atoms with van der Waals surface area (Å²) in [6.07, 6.45) is -0.0792. The predicted octanol–water partition coefficient (Wildman–Crippen LogP) is 3.05. The van der Waals surface area contributed by atoms with Gasteiger partial charge in [0.05, 0.1) is 12.6 Å². The fourth-order valence-electron chi connectivity index (χ4n) is 2.69. The van der Waals surface area contributed by atoms with Crippen molar-refractivity contribution in [2.75, 3.05) is 13.2 Å². The van der Waals surface area contributed by atoms with E-state index < -0.39 is 29.4 Å². The average Bonchev–Trinajstić information content (AvgIpc) is 2.79. The van der Waals surface area contributed by atoms with E-state index in [9.17, 15) is 18.7 Å². The number of rotatable bonds is 2. The molecule has 0 bridgehead atoms. The van der Waals surface area contributed by atoms with Gasteiger partial charge in [0, 0.05) is 18.5 Å².